The zero-order valence-corrected chi connectivity index (χ0v) is 18.2. The Morgan fingerprint density at radius 2 is 1.72 bits per heavy atom. The zero-order chi connectivity index (χ0) is 22.9. The number of anilines is 1. The van der Waals surface area contributed by atoms with Crippen LogP contribution in [-0.2, 0) is 4.79 Å². The molecule has 0 saturated heterocycles. The third kappa shape index (κ3) is 4.40. The minimum Gasteiger partial charge on any atom is -0.382 e. The van der Waals surface area contributed by atoms with Crippen LogP contribution >= 0.6 is 0 Å². The van der Waals surface area contributed by atoms with E-state index in [1.807, 2.05) is 12.1 Å². The Kier molecular flexibility index (Phi) is 5.79. The topological polar surface area (TPSA) is 153 Å². The lowest BCUT2D eigenvalue weighted by Crippen LogP contribution is -2.53. The van der Waals surface area contributed by atoms with E-state index >= 15 is 0 Å². The highest BCUT2D eigenvalue weighted by molar-refractivity contribution is 6.05. The van der Waals surface area contributed by atoms with Crippen molar-refractivity contribution in [2.24, 2.45) is 5.73 Å². The summed E-state index contributed by atoms with van der Waals surface area (Å²) < 4.78 is 1.63. The number of fused-ring (bicyclic) bond motifs is 1. The van der Waals surface area contributed by atoms with Crippen molar-refractivity contribution < 1.29 is 9.59 Å². The van der Waals surface area contributed by atoms with E-state index < -0.39 is 5.54 Å². The molecule has 4 rings (SSSR count). The fraction of sp³-hybridized carbons (Fsp3) is 0.409. The van der Waals surface area contributed by atoms with Crippen molar-refractivity contribution in [2.45, 2.75) is 57.2 Å². The second kappa shape index (κ2) is 8.54. The number of hydrogen-bond donors (Lipinski definition) is 4. The molecule has 0 unspecified atom stereocenters. The molecule has 3 aromatic rings. The number of aromatic nitrogens is 4. The van der Waals surface area contributed by atoms with Crippen LogP contribution in [-0.4, -0.2) is 49.0 Å². The quantitative estimate of drug-likeness (QED) is 0.470. The van der Waals surface area contributed by atoms with Gasteiger partial charge in [0.2, 0.25) is 5.91 Å². The maximum atomic E-state index is 13.2. The van der Waals surface area contributed by atoms with Crippen molar-refractivity contribution in [3.63, 3.8) is 0 Å². The number of pyridine rings is 1. The monoisotopic (exact) mass is 436 g/mol. The molecule has 32 heavy (non-hydrogen) atoms. The molecule has 168 valence electrons. The number of nitrogens with zero attached hydrogens (tertiary/aromatic N) is 4. The Hall–Kier alpha value is -3.53. The summed E-state index contributed by atoms with van der Waals surface area (Å²) in [6.45, 7) is 3.37. The first-order valence-electron chi connectivity index (χ1n) is 10.7. The maximum absolute atomic E-state index is 13.2. The van der Waals surface area contributed by atoms with E-state index in [1.165, 1.54) is 6.33 Å². The number of carbonyl (C=O) groups excluding carboxylic acids is 2. The molecule has 6 N–H and O–H groups in total. The highest BCUT2D eigenvalue weighted by Crippen LogP contribution is 2.28. The molecule has 0 spiro atoms. The molecule has 1 saturated carbocycles. The van der Waals surface area contributed by atoms with Gasteiger partial charge in [0.1, 0.15) is 11.8 Å². The zero-order valence-electron chi connectivity index (χ0n) is 18.2. The van der Waals surface area contributed by atoms with E-state index in [0.717, 1.165) is 36.9 Å². The lowest BCUT2D eigenvalue weighted by atomic mass is 9.90. The highest BCUT2D eigenvalue weighted by Gasteiger charge is 2.29. The van der Waals surface area contributed by atoms with E-state index in [0.29, 0.717) is 11.1 Å². The summed E-state index contributed by atoms with van der Waals surface area (Å²) in [6, 6.07) is 5.54. The summed E-state index contributed by atoms with van der Waals surface area (Å²) >= 11 is 0. The van der Waals surface area contributed by atoms with Crippen LogP contribution in [0, 0.1) is 0 Å². The van der Waals surface area contributed by atoms with Gasteiger partial charge in [0.05, 0.1) is 16.8 Å². The summed E-state index contributed by atoms with van der Waals surface area (Å²) in [5, 5.41) is 10.4. The van der Waals surface area contributed by atoms with Gasteiger partial charge in [-0.15, -0.1) is 0 Å². The van der Waals surface area contributed by atoms with E-state index in [2.05, 4.69) is 25.7 Å². The third-order valence-electron chi connectivity index (χ3n) is 5.79. The van der Waals surface area contributed by atoms with E-state index in [4.69, 9.17) is 11.5 Å². The van der Waals surface area contributed by atoms with Gasteiger partial charge in [-0.3, -0.25) is 14.6 Å². The standard InChI is InChI=1S/C22H28N8O2/c1-22(2,24)21(32)29-15-5-3-14(4-6-15)28-20(31)16-11-17(13-7-9-25-10-8-13)30-18(16)19(23)26-12-27-30/h7-12,14-15H,3-6,24H2,1-2H3,(H,28,31)(H,29,32)(H2,23,26,27). The lowest BCUT2D eigenvalue weighted by molar-refractivity contribution is -0.126. The van der Waals surface area contributed by atoms with Crippen LogP contribution in [0.3, 0.4) is 0 Å². The van der Waals surface area contributed by atoms with Crippen molar-refractivity contribution in [1.82, 2.24) is 30.2 Å². The van der Waals surface area contributed by atoms with Gasteiger partial charge in [-0.05, 0) is 57.7 Å². The molecule has 10 nitrogen and oxygen atoms in total. The van der Waals surface area contributed by atoms with Gasteiger partial charge in [-0.25, -0.2) is 9.50 Å². The van der Waals surface area contributed by atoms with Gasteiger partial charge in [0.25, 0.3) is 5.91 Å². The second-order valence-corrected chi connectivity index (χ2v) is 8.80. The number of nitrogen functional groups attached to an aromatic ring is 1. The fourth-order valence-electron chi connectivity index (χ4n) is 3.99. The van der Waals surface area contributed by atoms with Gasteiger partial charge in [-0.1, -0.05) is 0 Å². The minimum absolute atomic E-state index is 0.00622. The van der Waals surface area contributed by atoms with Crippen LogP contribution in [0.4, 0.5) is 5.82 Å². The Morgan fingerprint density at radius 1 is 1.09 bits per heavy atom. The number of carbonyl (C=O) groups is 2. The van der Waals surface area contributed by atoms with Crippen molar-refractivity contribution >= 4 is 23.1 Å². The van der Waals surface area contributed by atoms with Gasteiger partial charge in [-0.2, -0.15) is 5.10 Å². The first-order valence-corrected chi connectivity index (χ1v) is 10.7. The Labute approximate surface area is 185 Å². The number of rotatable bonds is 5. The average Bonchev–Trinajstić information content (AvgIpc) is 3.16. The molecule has 3 aromatic heterocycles. The fourth-order valence-corrected chi connectivity index (χ4v) is 3.99. The first kappa shape index (κ1) is 21.7. The molecule has 1 aliphatic carbocycles. The molecule has 0 aromatic carbocycles. The van der Waals surface area contributed by atoms with Crippen LogP contribution in [0.2, 0.25) is 0 Å². The number of nitrogens with one attached hydrogen (secondary N) is 2. The molecule has 1 aliphatic rings. The molecular formula is C22H28N8O2. The molecule has 1 fully saturated rings. The third-order valence-corrected chi connectivity index (χ3v) is 5.79. The molecule has 2 amide bonds. The van der Waals surface area contributed by atoms with Crippen LogP contribution < -0.4 is 22.1 Å². The largest absolute Gasteiger partial charge is 0.382 e. The number of amides is 2. The predicted molar refractivity (Wildman–Crippen MR) is 121 cm³/mol. The molecule has 0 radical (unpaired) electrons. The maximum Gasteiger partial charge on any atom is 0.253 e. The number of nitrogens with two attached hydrogens (primary N) is 2. The normalized spacial score (nSPS) is 19.0. The van der Waals surface area contributed by atoms with Gasteiger partial charge in [0.15, 0.2) is 5.82 Å². The molecule has 10 heteroatoms. The van der Waals surface area contributed by atoms with Crippen molar-refractivity contribution in [2.75, 3.05) is 5.73 Å². The molecule has 3 heterocycles. The van der Waals surface area contributed by atoms with E-state index in [1.54, 1.807) is 36.8 Å². The van der Waals surface area contributed by atoms with Crippen molar-refractivity contribution in [3.05, 3.63) is 42.5 Å². The van der Waals surface area contributed by atoms with E-state index in [9.17, 15) is 9.59 Å². The van der Waals surface area contributed by atoms with Crippen LogP contribution in [0.1, 0.15) is 49.9 Å². The molecule has 0 bridgehead atoms. The minimum atomic E-state index is -0.907. The Bertz CT molecular complexity index is 1130. The van der Waals surface area contributed by atoms with Crippen molar-refractivity contribution in [3.8, 4) is 11.3 Å². The summed E-state index contributed by atoms with van der Waals surface area (Å²) in [4.78, 5) is 33.4. The smallest absolute Gasteiger partial charge is 0.253 e. The van der Waals surface area contributed by atoms with E-state index in [-0.39, 0.29) is 29.7 Å². The summed E-state index contributed by atoms with van der Waals surface area (Å²) in [5.74, 6) is -0.148. The molecule has 0 atom stereocenters. The highest BCUT2D eigenvalue weighted by atomic mass is 16.2. The number of hydrogen-bond acceptors (Lipinski definition) is 7. The lowest BCUT2D eigenvalue weighted by Gasteiger charge is -2.31. The van der Waals surface area contributed by atoms with Gasteiger partial charge >= 0.3 is 0 Å². The predicted octanol–water partition coefficient (Wildman–Crippen LogP) is 1.27. The summed E-state index contributed by atoms with van der Waals surface area (Å²) in [6.07, 6.45) is 7.80. The average molecular weight is 437 g/mol. The van der Waals surface area contributed by atoms with Crippen LogP contribution in [0.15, 0.2) is 36.9 Å². The Balaban J connectivity index is 1.49. The van der Waals surface area contributed by atoms with Crippen LogP contribution in [0.5, 0.6) is 0 Å². The summed E-state index contributed by atoms with van der Waals surface area (Å²) in [5.41, 5.74) is 13.6. The van der Waals surface area contributed by atoms with Gasteiger partial charge < -0.3 is 22.1 Å². The second-order valence-electron chi connectivity index (χ2n) is 8.80. The van der Waals surface area contributed by atoms with Crippen LogP contribution in [0.25, 0.3) is 16.8 Å². The summed E-state index contributed by atoms with van der Waals surface area (Å²) in [7, 11) is 0. The molecular weight excluding hydrogens is 408 g/mol. The van der Waals surface area contributed by atoms with Gasteiger partial charge in [0, 0.05) is 30.0 Å². The first-order chi connectivity index (χ1) is 15.2. The Morgan fingerprint density at radius 3 is 2.34 bits per heavy atom. The molecule has 0 aliphatic heterocycles. The van der Waals surface area contributed by atoms with Crippen molar-refractivity contribution in [1.29, 1.82) is 0 Å². The SMILES string of the molecule is CC(C)(N)C(=O)NC1CCC(NC(=O)c2cc(-c3ccncc3)n3ncnc(N)c23)CC1.